The van der Waals surface area contributed by atoms with Crippen molar-refractivity contribution in [2.75, 3.05) is 19.6 Å². The second-order valence-corrected chi connectivity index (χ2v) is 7.26. The van der Waals surface area contributed by atoms with Crippen LogP contribution in [0.5, 0.6) is 0 Å². The summed E-state index contributed by atoms with van der Waals surface area (Å²) in [6.07, 6.45) is 4.89. The van der Waals surface area contributed by atoms with Crippen LogP contribution in [0.15, 0.2) is 6.33 Å². The monoisotopic (exact) mass is 293 g/mol. The lowest BCUT2D eigenvalue weighted by Crippen LogP contribution is -2.42. The Bertz CT molecular complexity index is 467. The van der Waals surface area contributed by atoms with Gasteiger partial charge < -0.3 is 14.6 Å². The molecule has 0 saturated carbocycles. The molecule has 3 rings (SSSR count). The molecule has 1 saturated heterocycles. The number of nitrogens with zero attached hydrogens (tertiary/aromatic N) is 4. The number of aromatic nitrogens is 3. The second-order valence-electron chi connectivity index (χ2n) is 7.26. The zero-order chi connectivity index (χ0) is 14.9. The number of nitrogens with one attached hydrogen (secondary N) is 1. The van der Waals surface area contributed by atoms with Crippen LogP contribution in [0.25, 0.3) is 0 Å². The fourth-order valence-electron chi connectivity index (χ4n) is 3.04. The SMILES string of the molecule is CC(C)(C)NCC1CCC(CN2CCn3cnnc3C2)O1. The van der Waals surface area contributed by atoms with Crippen molar-refractivity contribution in [3.05, 3.63) is 12.2 Å². The van der Waals surface area contributed by atoms with Gasteiger partial charge in [0.2, 0.25) is 0 Å². The summed E-state index contributed by atoms with van der Waals surface area (Å²) in [5.74, 6) is 1.07. The minimum absolute atomic E-state index is 0.165. The van der Waals surface area contributed by atoms with E-state index in [2.05, 4.69) is 45.8 Å². The summed E-state index contributed by atoms with van der Waals surface area (Å²) in [5.41, 5.74) is 0.165. The highest BCUT2D eigenvalue weighted by Crippen LogP contribution is 2.22. The molecule has 2 unspecified atom stereocenters. The minimum atomic E-state index is 0.165. The topological polar surface area (TPSA) is 55.2 Å². The molecule has 1 N–H and O–H groups in total. The van der Waals surface area contributed by atoms with Gasteiger partial charge in [-0.05, 0) is 33.6 Å². The van der Waals surface area contributed by atoms with Gasteiger partial charge >= 0.3 is 0 Å². The molecule has 0 aromatic carbocycles. The van der Waals surface area contributed by atoms with Crippen molar-refractivity contribution in [2.45, 2.75) is 64.4 Å². The average Bonchev–Trinajstić information content (AvgIpc) is 3.04. The van der Waals surface area contributed by atoms with Crippen LogP contribution in [0.4, 0.5) is 0 Å². The summed E-state index contributed by atoms with van der Waals surface area (Å²) < 4.78 is 8.32. The van der Waals surface area contributed by atoms with E-state index in [4.69, 9.17) is 4.74 Å². The van der Waals surface area contributed by atoms with Gasteiger partial charge in [0.05, 0.1) is 18.8 Å². The van der Waals surface area contributed by atoms with Crippen LogP contribution in [0, 0.1) is 0 Å². The first-order valence-electron chi connectivity index (χ1n) is 7.99. The minimum Gasteiger partial charge on any atom is -0.372 e. The highest BCUT2D eigenvalue weighted by atomic mass is 16.5. The molecule has 1 aromatic rings. The van der Waals surface area contributed by atoms with E-state index in [1.54, 1.807) is 0 Å². The molecule has 1 fully saturated rings. The Labute approximate surface area is 126 Å². The maximum Gasteiger partial charge on any atom is 0.147 e. The third kappa shape index (κ3) is 4.02. The third-order valence-corrected chi connectivity index (χ3v) is 4.24. The van der Waals surface area contributed by atoms with E-state index >= 15 is 0 Å². The molecule has 2 atom stereocenters. The molecular formula is C15H27N5O. The summed E-state index contributed by atoms with van der Waals surface area (Å²) in [6, 6.07) is 0. The largest absolute Gasteiger partial charge is 0.372 e. The Balaban J connectivity index is 1.43. The quantitative estimate of drug-likeness (QED) is 0.898. The van der Waals surface area contributed by atoms with Crippen molar-refractivity contribution in [2.24, 2.45) is 0 Å². The van der Waals surface area contributed by atoms with Crippen molar-refractivity contribution < 1.29 is 4.74 Å². The standard InChI is InChI=1S/C15H27N5O/c1-15(2,3)16-8-12-4-5-13(21-12)9-19-6-7-20-11-17-18-14(20)10-19/h11-13,16H,4-10H2,1-3H3. The van der Waals surface area contributed by atoms with Crippen molar-refractivity contribution in [1.82, 2.24) is 25.0 Å². The summed E-state index contributed by atoms with van der Waals surface area (Å²) in [4.78, 5) is 2.44. The van der Waals surface area contributed by atoms with E-state index < -0.39 is 0 Å². The highest BCUT2D eigenvalue weighted by molar-refractivity contribution is 4.91. The molecule has 0 amide bonds. The lowest BCUT2D eigenvalue weighted by atomic mass is 10.1. The summed E-state index contributed by atoms with van der Waals surface area (Å²) in [6.45, 7) is 11.5. The van der Waals surface area contributed by atoms with Crippen LogP contribution < -0.4 is 5.32 Å². The molecule has 2 aliphatic heterocycles. The third-order valence-electron chi connectivity index (χ3n) is 4.24. The fourth-order valence-corrected chi connectivity index (χ4v) is 3.04. The van der Waals surface area contributed by atoms with Gasteiger partial charge in [0.15, 0.2) is 0 Å². The fraction of sp³-hybridized carbons (Fsp3) is 0.867. The van der Waals surface area contributed by atoms with E-state index in [0.717, 1.165) is 45.0 Å². The van der Waals surface area contributed by atoms with Gasteiger partial charge in [0.25, 0.3) is 0 Å². The molecule has 6 nitrogen and oxygen atoms in total. The second kappa shape index (κ2) is 6.02. The van der Waals surface area contributed by atoms with Crippen LogP contribution in [0.2, 0.25) is 0 Å². The molecule has 2 aliphatic rings. The number of rotatable bonds is 4. The predicted molar refractivity (Wildman–Crippen MR) is 80.9 cm³/mol. The van der Waals surface area contributed by atoms with Gasteiger partial charge in [-0.25, -0.2) is 0 Å². The van der Waals surface area contributed by atoms with Crippen molar-refractivity contribution in [3.8, 4) is 0 Å². The van der Waals surface area contributed by atoms with Crippen molar-refractivity contribution in [1.29, 1.82) is 0 Å². The van der Waals surface area contributed by atoms with Crippen LogP contribution in [-0.2, 0) is 17.8 Å². The van der Waals surface area contributed by atoms with Crippen LogP contribution in [0.1, 0.15) is 39.4 Å². The van der Waals surface area contributed by atoms with E-state index in [9.17, 15) is 0 Å². The maximum absolute atomic E-state index is 6.18. The lowest BCUT2D eigenvalue weighted by Gasteiger charge is -2.29. The van der Waals surface area contributed by atoms with E-state index in [0.29, 0.717) is 12.2 Å². The Kier molecular flexibility index (Phi) is 4.28. The number of hydrogen-bond acceptors (Lipinski definition) is 5. The molecule has 21 heavy (non-hydrogen) atoms. The average molecular weight is 293 g/mol. The van der Waals surface area contributed by atoms with Gasteiger partial charge in [0, 0.05) is 31.7 Å². The molecular weight excluding hydrogens is 266 g/mol. The number of fused-ring (bicyclic) bond motifs is 1. The first-order valence-corrected chi connectivity index (χ1v) is 7.99. The van der Waals surface area contributed by atoms with Gasteiger partial charge in [-0.3, -0.25) is 4.90 Å². The predicted octanol–water partition coefficient (Wildman–Crippen LogP) is 1.03. The number of hydrogen-bond donors (Lipinski definition) is 1. The summed E-state index contributed by atoms with van der Waals surface area (Å²) >= 11 is 0. The summed E-state index contributed by atoms with van der Waals surface area (Å²) in [7, 11) is 0. The highest BCUT2D eigenvalue weighted by Gasteiger charge is 2.29. The van der Waals surface area contributed by atoms with Gasteiger partial charge in [0.1, 0.15) is 12.2 Å². The molecule has 118 valence electrons. The summed E-state index contributed by atoms with van der Waals surface area (Å²) in [5, 5.41) is 11.7. The first kappa shape index (κ1) is 14.9. The maximum atomic E-state index is 6.18. The smallest absolute Gasteiger partial charge is 0.147 e. The molecule has 3 heterocycles. The van der Waals surface area contributed by atoms with Crippen molar-refractivity contribution >= 4 is 0 Å². The van der Waals surface area contributed by atoms with Gasteiger partial charge in [-0.15, -0.1) is 10.2 Å². The molecule has 0 aliphatic carbocycles. The first-order chi connectivity index (χ1) is 9.99. The van der Waals surface area contributed by atoms with Crippen LogP contribution in [-0.4, -0.2) is 57.0 Å². The molecule has 0 spiro atoms. The van der Waals surface area contributed by atoms with E-state index in [-0.39, 0.29) is 5.54 Å². The Morgan fingerprint density at radius 1 is 1.29 bits per heavy atom. The normalized spacial score (nSPS) is 27.0. The van der Waals surface area contributed by atoms with Gasteiger partial charge in [-0.2, -0.15) is 0 Å². The van der Waals surface area contributed by atoms with Crippen LogP contribution in [0.3, 0.4) is 0 Å². The van der Waals surface area contributed by atoms with Gasteiger partial charge in [-0.1, -0.05) is 0 Å². The van der Waals surface area contributed by atoms with E-state index in [1.807, 2.05) is 6.33 Å². The molecule has 1 aromatic heterocycles. The van der Waals surface area contributed by atoms with E-state index in [1.165, 1.54) is 6.42 Å². The van der Waals surface area contributed by atoms with Crippen LogP contribution >= 0.6 is 0 Å². The Morgan fingerprint density at radius 3 is 2.90 bits per heavy atom. The van der Waals surface area contributed by atoms with Crippen molar-refractivity contribution in [3.63, 3.8) is 0 Å². The Hall–Kier alpha value is -0.980. The molecule has 6 heteroatoms. The number of ether oxygens (including phenoxy) is 1. The lowest BCUT2D eigenvalue weighted by molar-refractivity contribution is 0.0157. The molecule has 0 radical (unpaired) electrons. The molecule has 0 bridgehead atoms. The Morgan fingerprint density at radius 2 is 2.10 bits per heavy atom. The zero-order valence-electron chi connectivity index (χ0n) is 13.4. The zero-order valence-corrected chi connectivity index (χ0v) is 13.4.